The van der Waals surface area contributed by atoms with Gasteiger partial charge in [0.15, 0.2) is 0 Å². The van der Waals surface area contributed by atoms with Gasteiger partial charge in [-0.3, -0.25) is 0 Å². The quantitative estimate of drug-likeness (QED) is 0.0808. The minimum atomic E-state index is 0.0262. The summed E-state index contributed by atoms with van der Waals surface area (Å²) in [6.07, 6.45) is 29.9. The SMILES string of the molecule is CCCCCCCCCCCCOCC(CNC1CCC1)OCC(C=O)CCCCCCCCCC. The molecule has 1 rings (SSSR count). The van der Waals surface area contributed by atoms with Gasteiger partial charge in [0.25, 0.3) is 0 Å². The molecule has 1 aliphatic carbocycles. The standard InChI is InChI=1S/C32H63NO3/c1-3-5-7-9-11-13-14-16-18-20-25-35-29-32(26-33-31-23-21-24-31)36-28-30(27-34)22-19-17-15-12-10-8-6-4-2/h27,30-33H,3-26,28-29H2,1-2H3. The van der Waals surface area contributed by atoms with E-state index in [1.54, 1.807) is 0 Å². The van der Waals surface area contributed by atoms with E-state index in [9.17, 15) is 4.79 Å². The summed E-state index contributed by atoms with van der Waals surface area (Å²) in [5.41, 5.74) is 0. The van der Waals surface area contributed by atoms with Gasteiger partial charge in [-0.05, 0) is 25.7 Å². The van der Waals surface area contributed by atoms with E-state index < -0.39 is 0 Å². The first-order valence-electron chi connectivity index (χ1n) is 16.2. The van der Waals surface area contributed by atoms with Gasteiger partial charge in [-0.2, -0.15) is 0 Å². The van der Waals surface area contributed by atoms with Crippen molar-refractivity contribution in [1.29, 1.82) is 0 Å². The molecule has 2 atom stereocenters. The largest absolute Gasteiger partial charge is 0.379 e. The molecule has 1 aliphatic rings. The fourth-order valence-electron chi connectivity index (χ4n) is 4.97. The third kappa shape index (κ3) is 20.6. The van der Waals surface area contributed by atoms with Gasteiger partial charge in [0.2, 0.25) is 0 Å². The average molecular weight is 510 g/mol. The van der Waals surface area contributed by atoms with Crippen LogP contribution in [0.2, 0.25) is 0 Å². The molecule has 0 aromatic rings. The normalized spacial score (nSPS) is 15.6. The summed E-state index contributed by atoms with van der Waals surface area (Å²) >= 11 is 0. The van der Waals surface area contributed by atoms with Crippen molar-refractivity contribution in [3.8, 4) is 0 Å². The number of unbranched alkanes of at least 4 members (excludes halogenated alkanes) is 16. The van der Waals surface area contributed by atoms with Gasteiger partial charge in [0.05, 0.1) is 19.3 Å². The van der Waals surface area contributed by atoms with Gasteiger partial charge in [-0.1, -0.05) is 129 Å². The Morgan fingerprint density at radius 3 is 1.75 bits per heavy atom. The molecule has 0 aromatic carbocycles. The molecule has 4 heteroatoms. The van der Waals surface area contributed by atoms with Crippen molar-refractivity contribution in [2.75, 3.05) is 26.4 Å². The van der Waals surface area contributed by atoms with E-state index in [4.69, 9.17) is 9.47 Å². The van der Waals surface area contributed by atoms with E-state index >= 15 is 0 Å². The molecule has 0 spiro atoms. The van der Waals surface area contributed by atoms with Crippen molar-refractivity contribution in [2.24, 2.45) is 5.92 Å². The van der Waals surface area contributed by atoms with Crippen molar-refractivity contribution in [3.63, 3.8) is 0 Å². The van der Waals surface area contributed by atoms with Crippen molar-refractivity contribution in [3.05, 3.63) is 0 Å². The number of carbonyl (C=O) groups excluding carboxylic acids is 1. The number of rotatable bonds is 29. The smallest absolute Gasteiger partial charge is 0.125 e. The number of aldehydes is 1. The highest BCUT2D eigenvalue weighted by molar-refractivity contribution is 5.53. The molecular weight excluding hydrogens is 446 g/mol. The van der Waals surface area contributed by atoms with Crippen LogP contribution in [0.5, 0.6) is 0 Å². The molecule has 0 radical (unpaired) electrons. The summed E-state index contributed by atoms with van der Waals surface area (Å²) in [6.45, 7) is 7.39. The minimum absolute atomic E-state index is 0.0262. The Morgan fingerprint density at radius 1 is 0.722 bits per heavy atom. The fourth-order valence-corrected chi connectivity index (χ4v) is 4.97. The molecule has 1 fully saturated rings. The third-order valence-electron chi connectivity index (χ3n) is 7.85. The Bertz CT molecular complexity index is 455. The maximum Gasteiger partial charge on any atom is 0.125 e. The lowest BCUT2D eigenvalue weighted by Crippen LogP contribution is -2.42. The number of carbonyl (C=O) groups is 1. The van der Waals surface area contributed by atoms with Gasteiger partial charge in [0, 0.05) is 25.1 Å². The number of hydrogen-bond donors (Lipinski definition) is 1. The minimum Gasteiger partial charge on any atom is -0.379 e. The Balaban J connectivity index is 2.11. The first kappa shape index (κ1) is 33.6. The second-order valence-electron chi connectivity index (χ2n) is 11.4. The maximum atomic E-state index is 11.6. The van der Waals surface area contributed by atoms with Crippen molar-refractivity contribution < 1.29 is 14.3 Å². The van der Waals surface area contributed by atoms with E-state index in [1.165, 1.54) is 122 Å². The highest BCUT2D eigenvalue weighted by Gasteiger charge is 2.20. The fraction of sp³-hybridized carbons (Fsp3) is 0.969. The maximum absolute atomic E-state index is 11.6. The van der Waals surface area contributed by atoms with Gasteiger partial charge >= 0.3 is 0 Å². The predicted octanol–water partition coefficient (Wildman–Crippen LogP) is 8.80. The lowest BCUT2D eigenvalue weighted by Gasteiger charge is -2.29. The van der Waals surface area contributed by atoms with E-state index in [-0.39, 0.29) is 12.0 Å². The van der Waals surface area contributed by atoms with Gasteiger partial charge in [0.1, 0.15) is 6.29 Å². The Labute approximate surface area is 225 Å². The van der Waals surface area contributed by atoms with Crippen LogP contribution in [0.4, 0.5) is 0 Å². The van der Waals surface area contributed by atoms with Crippen LogP contribution in [-0.4, -0.2) is 44.8 Å². The summed E-state index contributed by atoms with van der Waals surface area (Å²) in [6, 6.07) is 0.650. The van der Waals surface area contributed by atoms with Crippen molar-refractivity contribution in [2.45, 2.75) is 167 Å². The summed E-state index contributed by atoms with van der Waals surface area (Å²) < 4.78 is 12.2. The monoisotopic (exact) mass is 509 g/mol. The van der Waals surface area contributed by atoms with E-state index in [0.29, 0.717) is 19.3 Å². The molecule has 0 amide bonds. The highest BCUT2D eigenvalue weighted by Crippen LogP contribution is 2.18. The van der Waals surface area contributed by atoms with Crippen LogP contribution < -0.4 is 5.32 Å². The second kappa shape index (κ2) is 26.2. The lowest BCUT2D eigenvalue weighted by atomic mass is 9.93. The molecule has 4 nitrogen and oxygen atoms in total. The zero-order chi connectivity index (χ0) is 25.9. The summed E-state index contributed by atoms with van der Waals surface area (Å²) in [7, 11) is 0. The topological polar surface area (TPSA) is 47.6 Å². The predicted molar refractivity (Wildman–Crippen MR) is 155 cm³/mol. The van der Waals surface area contributed by atoms with Gasteiger partial charge in [-0.25, -0.2) is 0 Å². The number of nitrogens with one attached hydrogen (secondary N) is 1. The van der Waals surface area contributed by atoms with Crippen LogP contribution in [0.25, 0.3) is 0 Å². The third-order valence-corrected chi connectivity index (χ3v) is 7.85. The molecule has 0 aromatic heterocycles. The van der Waals surface area contributed by atoms with Crippen LogP contribution in [0.3, 0.4) is 0 Å². The molecule has 214 valence electrons. The lowest BCUT2D eigenvalue weighted by molar-refractivity contribution is -0.114. The first-order valence-corrected chi connectivity index (χ1v) is 16.2. The molecule has 0 saturated heterocycles. The summed E-state index contributed by atoms with van der Waals surface area (Å²) in [5.74, 6) is 0.0262. The zero-order valence-electron chi connectivity index (χ0n) is 24.4. The number of hydrogen-bond acceptors (Lipinski definition) is 4. The van der Waals surface area contributed by atoms with E-state index in [2.05, 4.69) is 19.2 Å². The summed E-state index contributed by atoms with van der Waals surface area (Å²) in [5, 5.41) is 3.64. The Hall–Kier alpha value is -0.450. The molecular formula is C32H63NO3. The molecule has 0 bridgehead atoms. The average Bonchev–Trinajstić information content (AvgIpc) is 2.86. The molecule has 1 N–H and O–H groups in total. The Kier molecular flexibility index (Phi) is 24.4. The Morgan fingerprint density at radius 2 is 1.25 bits per heavy atom. The molecule has 0 aliphatic heterocycles. The van der Waals surface area contributed by atoms with E-state index in [0.717, 1.165) is 38.7 Å². The van der Waals surface area contributed by atoms with E-state index in [1.807, 2.05) is 0 Å². The molecule has 0 heterocycles. The summed E-state index contributed by atoms with van der Waals surface area (Å²) in [4.78, 5) is 11.6. The number of ether oxygens (including phenoxy) is 2. The van der Waals surface area contributed by atoms with Crippen molar-refractivity contribution in [1.82, 2.24) is 5.32 Å². The highest BCUT2D eigenvalue weighted by atomic mass is 16.5. The first-order chi connectivity index (χ1) is 17.8. The van der Waals surface area contributed by atoms with Crippen LogP contribution in [0, 0.1) is 5.92 Å². The molecule has 1 saturated carbocycles. The van der Waals surface area contributed by atoms with Crippen LogP contribution in [-0.2, 0) is 14.3 Å². The second-order valence-corrected chi connectivity index (χ2v) is 11.4. The van der Waals surface area contributed by atoms with Crippen LogP contribution in [0.1, 0.15) is 155 Å². The molecule has 2 unspecified atom stereocenters. The van der Waals surface area contributed by atoms with Gasteiger partial charge in [-0.15, -0.1) is 0 Å². The van der Waals surface area contributed by atoms with Crippen LogP contribution >= 0.6 is 0 Å². The molecule has 36 heavy (non-hydrogen) atoms. The van der Waals surface area contributed by atoms with Crippen LogP contribution in [0.15, 0.2) is 0 Å². The van der Waals surface area contributed by atoms with Crippen molar-refractivity contribution >= 4 is 6.29 Å². The zero-order valence-corrected chi connectivity index (χ0v) is 24.4. The van der Waals surface area contributed by atoms with Gasteiger partial charge < -0.3 is 19.6 Å².